The summed E-state index contributed by atoms with van der Waals surface area (Å²) < 4.78 is 1.20. The van der Waals surface area contributed by atoms with E-state index in [9.17, 15) is 0 Å². The molecule has 1 N–H and O–H groups in total. The molecule has 1 aromatic rings. The lowest BCUT2D eigenvalue weighted by Crippen LogP contribution is -2.23. The minimum atomic E-state index is 0.579. The molecule has 0 radical (unpaired) electrons. The quantitative estimate of drug-likeness (QED) is 0.881. The van der Waals surface area contributed by atoms with Gasteiger partial charge >= 0.3 is 0 Å². The Morgan fingerprint density at radius 3 is 2.94 bits per heavy atom. The van der Waals surface area contributed by atoms with E-state index in [-0.39, 0.29) is 0 Å². The van der Waals surface area contributed by atoms with Crippen LogP contribution in [0.5, 0.6) is 0 Å². The van der Waals surface area contributed by atoms with Crippen LogP contribution in [-0.2, 0) is 0 Å². The van der Waals surface area contributed by atoms with E-state index >= 15 is 0 Å². The Morgan fingerprint density at radius 2 is 2.12 bits per heavy atom. The van der Waals surface area contributed by atoms with Crippen molar-refractivity contribution in [2.24, 2.45) is 0 Å². The normalized spacial score (nSPS) is 24.9. The molecule has 1 saturated carbocycles. The van der Waals surface area contributed by atoms with Gasteiger partial charge in [-0.05, 0) is 55.2 Å². The van der Waals surface area contributed by atoms with Gasteiger partial charge in [0.25, 0.3) is 0 Å². The Labute approximate surface area is 110 Å². The molecule has 3 heteroatoms. The van der Waals surface area contributed by atoms with E-state index in [0.717, 1.165) is 6.04 Å². The summed E-state index contributed by atoms with van der Waals surface area (Å²) >= 11 is 5.60. The highest BCUT2D eigenvalue weighted by molar-refractivity contribution is 9.10. The molecule has 3 rings (SSSR count). The Bertz CT molecular complexity index is 390. The first-order valence-electron chi connectivity index (χ1n) is 6.01. The molecular weight excluding hydrogens is 282 g/mol. The lowest BCUT2D eigenvalue weighted by molar-refractivity contribution is 0.490. The molecule has 0 amide bonds. The third-order valence-corrected chi connectivity index (χ3v) is 4.93. The zero-order chi connectivity index (χ0) is 11.0. The van der Waals surface area contributed by atoms with Crippen molar-refractivity contribution < 1.29 is 0 Å². The van der Waals surface area contributed by atoms with Crippen LogP contribution in [0.15, 0.2) is 27.6 Å². The third-order valence-electron chi connectivity index (χ3n) is 3.26. The third kappa shape index (κ3) is 2.47. The summed E-state index contributed by atoms with van der Waals surface area (Å²) in [5.41, 5.74) is 1.50. The molecule has 2 aliphatic rings. The predicted octanol–water partition coefficient (Wildman–Crippen LogP) is 4.13. The highest BCUT2D eigenvalue weighted by Crippen LogP contribution is 2.37. The van der Waals surface area contributed by atoms with Crippen LogP contribution < -0.4 is 5.32 Å². The zero-order valence-corrected chi connectivity index (χ0v) is 11.6. The van der Waals surface area contributed by atoms with Crippen molar-refractivity contribution in [2.75, 3.05) is 5.75 Å². The second-order valence-corrected chi connectivity index (χ2v) is 6.72. The van der Waals surface area contributed by atoms with Crippen molar-refractivity contribution in [3.8, 4) is 0 Å². The molecular formula is C13H16BrNS. The summed E-state index contributed by atoms with van der Waals surface area (Å²) in [6.45, 7) is 0. The molecule has 1 fully saturated rings. The van der Waals surface area contributed by atoms with Crippen LogP contribution in [0.3, 0.4) is 0 Å². The maximum Gasteiger partial charge on any atom is 0.0334 e. The number of hydrogen-bond acceptors (Lipinski definition) is 2. The predicted molar refractivity (Wildman–Crippen MR) is 73.0 cm³/mol. The summed E-state index contributed by atoms with van der Waals surface area (Å²) in [7, 11) is 0. The van der Waals surface area contributed by atoms with Crippen molar-refractivity contribution in [3.63, 3.8) is 0 Å². The monoisotopic (exact) mass is 297 g/mol. The smallest absolute Gasteiger partial charge is 0.0334 e. The first-order chi connectivity index (χ1) is 7.83. The number of hydrogen-bond donors (Lipinski definition) is 1. The van der Waals surface area contributed by atoms with E-state index in [2.05, 4.69) is 39.4 Å². The molecule has 1 unspecified atom stereocenters. The number of fused-ring (bicyclic) bond motifs is 1. The Balaban J connectivity index is 1.90. The number of rotatable bonds is 2. The first-order valence-corrected chi connectivity index (χ1v) is 7.79. The van der Waals surface area contributed by atoms with Crippen molar-refractivity contribution in [3.05, 3.63) is 28.2 Å². The van der Waals surface area contributed by atoms with E-state index < -0.39 is 0 Å². The van der Waals surface area contributed by atoms with Crippen molar-refractivity contribution in [2.45, 2.75) is 42.7 Å². The summed E-state index contributed by atoms with van der Waals surface area (Å²) in [5, 5.41) is 3.78. The van der Waals surface area contributed by atoms with E-state index in [1.54, 1.807) is 0 Å². The zero-order valence-electron chi connectivity index (χ0n) is 9.21. The molecule has 0 spiro atoms. The topological polar surface area (TPSA) is 12.0 Å². The Kier molecular flexibility index (Phi) is 3.27. The average Bonchev–Trinajstić information content (AvgIpc) is 3.08. The number of nitrogens with one attached hydrogen (secondary N) is 1. The molecule has 1 nitrogen and oxygen atoms in total. The molecule has 0 bridgehead atoms. The van der Waals surface area contributed by atoms with Gasteiger partial charge in [-0.15, -0.1) is 11.8 Å². The van der Waals surface area contributed by atoms with E-state index in [0.29, 0.717) is 6.04 Å². The molecule has 1 aliphatic heterocycles. The molecule has 0 saturated heterocycles. The summed E-state index contributed by atoms with van der Waals surface area (Å²) in [5.74, 6) is 1.26. The molecule has 1 heterocycles. The van der Waals surface area contributed by atoms with Crippen LogP contribution in [-0.4, -0.2) is 11.8 Å². The second-order valence-electron chi connectivity index (χ2n) is 4.67. The van der Waals surface area contributed by atoms with E-state index in [4.69, 9.17) is 0 Å². The maximum absolute atomic E-state index is 3.78. The summed E-state index contributed by atoms with van der Waals surface area (Å²) in [6, 6.07) is 8.09. The summed E-state index contributed by atoms with van der Waals surface area (Å²) in [4.78, 5) is 1.47. The number of thioether (sulfide) groups is 1. The lowest BCUT2D eigenvalue weighted by atomic mass is 10.0. The molecule has 1 aliphatic carbocycles. The average molecular weight is 298 g/mol. The van der Waals surface area contributed by atoms with Crippen LogP contribution in [0.4, 0.5) is 0 Å². The van der Waals surface area contributed by atoms with Crippen molar-refractivity contribution in [1.82, 2.24) is 5.32 Å². The van der Waals surface area contributed by atoms with Gasteiger partial charge in [-0.25, -0.2) is 0 Å². The van der Waals surface area contributed by atoms with E-state index in [1.165, 1.54) is 46.4 Å². The highest BCUT2D eigenvalue weighted by atomic mass is 79.9. The van der Waals surface area contributed by atoms with Gasteiger partial charge in [-0.1, -0.05) is 15.9 Å². The molecule has 1 aromatic carbocycles. The van der Waals surface area contributed by atoms with Crippen LogP contribution in [0.25, 0.3) is 0 Å². The Morgan fingerprint density at radius 1 is 1.25 bits per heavy atom. The minimum absolute atomic E-state index is 0.579. The minimum Gasteiger partial charge on any atom is -0.307 e. The van der Waals surface area contributed by atoms with Gasteiger partial charge in [0, 0.05) is 21.5 Å². The number of halogens is 1. The van der Waals surface area contributed by atoms with Crippen LogP contribution in [0.2, 0.25) is 0 Å². The van der Waals surface area contributed by atoms with E-state index in [1.807, 2.05) is 11.8 Å². The van der Waals surface area contributed by atoms with Gasteiger partial charge in [-0.2, -0.15) is 0 Å². The molecule has 16 heavy (non-hydrogen) atoms. The van der Waals surface area contributed by atoms with Gasteiger partial charge in [-0.3, -0.25) is 0 Å². The molecule has 86 valence electrons. The van der Waals surface area contributed by atoms with Crippen LogP contribution in [0.1, 0.15) is 37.3 Å². The fourth-order valence-electron chi connectivity index (χ4n) is 2.26. The largest absolute Gasteiger partial charge is 0.307 e. The van der Waals surface area contributed by atoms with Gasteiger partial charge in [0.05, 0.1) is 0 Å². The van der Waals surface area contributed by atoms with Gasteiger partial charge in [0.1, 0.15) is 0 Å². The lowest BCUT2D eigenvalue weighted by Gasteiger charge is -2.19. The fourth-order valence-corrected chi connectivity index (χ4v) is 3.70. The number of benzene rings is 1. The second kappa shape index (κ2) is 4.71. The SMILES string of the molecule is Brc1ccc2c(c1)C(NC1CC1)CCCS2. The van der Waals surface area contributed by atoms with Crippen molar-refractivity contribution >= 4 is 27.7 Å². The first kappa shape index (κ1) is 11.1. The van der Waals surface area contributed by atoms with Crippen molar-refractivity contribution in [1.29, 1.82) is 0 Å². The van der Waals surface area contributed by atoms with Gasteiger partial charge in [0.2, 0.25) is 0 Å². The highest BCUT2D eigenvalue weighted by Gasteiger charge is 2.27. The Hall–Kier alpha value is 0.01000. The molecule has 0 aromatic heterocycles. The van der Waals surface area contributed by atoms with Crippen LogP contribution >= 0.6 is 27.7 Å². The van der Waals surface area contributed by atoms with Gasteiger partial charge < -0.3 is 5.32 Å². The summed E-state index contributed by atoms with van der Waals surface area (Å²) in [6.07, 6.45) is 5.34. The maximum atomic E-state index is 3.78. The fraction of sp³-hybridized carbons (Fsp3) is 0.538. The molecule has 1 atom stereocenters. The van der Waals surface area contributed by atoms with Gasteiger partial charge in [0.15, 0.2) is 0 Å². The van der Waals surface area contributed by atoms with Crippen LogP contribution in [0, 0.1) is 0 Å². The standard InChI is InChI=1S/C13H16BrNS/c14-9-3-6-13-11(8-9)12(2-1-7-16-13)15-10-4-5-10/h3,6,8,10,12,15H,1-2,4-5,7H2.